The van der Waals surface area contributed by atoms with Crippen LogP contribution in [0.15, 0.2) is 36.7 Å². The van der Waals surface area contributed by atoms with E-state index in [1.54, 1.807) is 0 Å². The fourth-order valence-electron chi connectivity index (χ4n) is 1.47. The standard InChI is InChI=1S/C11H6Br2FNO4S2/c12-9-4-8(10(13)20-9)21(18,19)15-5-1-2-6(11(16)17)7(14)3-5/h1-4,15H,(H,16,17). The minimum Gasteiger partial charge on any atom is -0.478 e. The molecule has 0 bridgehead atoms. The molecule has 2 aromatic rings. The molecule has 0 unspecified atom stereocenters. The minimum absolute atomic E-state index is 0.00194. The van der Waals surface area contributed by atoms with Crippen molar-refractivity contribution in [1.29, 1.82) is 0 Å². The molecule has 0 radical (unpaired) electrons. The number of sulfonamides is 1. The molecule has 0 amide bonds. The predicted molar refractivity (Wildman–Crippen MR) is 83.9 cm³/mol. The van der Waals surface area contributed by atoms with Crippen LogP contribution in [0.5, 0.6) is 0 Å². The number of carboxylic acids is 1. The SMILES string of the molecule is O=C(O)c1ccc(NS(=O)(=O)c2cc(Br)sc2Br)cc1F. The first-order chi connectivity index (χ1) is 9.70. The van der Waals surface area contributed by atoms with Gasteiger partial charge in [0, 0.05) is 0 Å². The van der Waals surface area contributed by atoms with Crippen LogP contribution in [0, 0.1) is 5.82 Å². The Morgan fingerprint density at radius 3 is 2.43 bits per heavy atom. The van der Waals surface area contributed by atoms with Gasteiger partial charge in [-0.2, -0.15) is 0 Å². The van der Waals surface area contributed by atoms with Gasteiger partial charge in [-0.1, -0.05) is 0 Å². The molecule has 0 atom stereocenters. The number of nitrogens with one attached hydrogen (secondary N) is 1. The maximum Gasteiger partial charge on any atom is 0.338 e. The van der Waals surface area contributed by atoms with Gasteiger partial charge in [0.15, 0.2) is 0 Å². The van der Waals surface area contributed by atoms with Crippen LogP contribution >= 0.6 is 43.2 Å². The highest BCUT2D eigenvalue weighted by Gasteiger charge is 2.21. The smallest absolute Gasteiger partial charge is 0.338 e. The number of benzene rings is 1. The van der Waals surface area contributed by atoms with Crippen molar-refractivity contribution in [3.05, 3.63) is 43.2 Å². The zero-order chi connectivity index (χ0) is 15.8. The van der Waals surface area contributed by atoms with Gasteiger partial charge in [0.1, 0.15) is 10.7 Å². The van der Waals surface area contributed by atoms with E-state index < -0.39 is 27.4 Å². The lowest BCUT2D eigenvalue weighted by Gasteiger charge is -2.08. The number of rotatable bonds is 4. The van der Waals surface area contributed by atoms with Crippen LogP contribution in [0.25, 0.3) is 0 Å². The Morgan fingerprint density at radius 2 is 1.95 bits per heavy atom. The number of halogens is 3. The number of thiophene rings is 1. The Kier molecular flexibility index (Phi) is 4.71. The Labute approximate surface area is 140 Å². The number of carbonyl (C=O) groups is 1. The molecule has 0 aliphatic carbocycles. The molecule has 0 saturated carbocycles. The lowest BCUT2D eigenvalue weighted by atomic mass is 10.2. The van der Waals surface area contributed by atoms with Gasteiger partial charge in [-0.25, -0.2) is 17.6 Å². The zero-order valence-electron chi connectivity index (χ0n) is 9.93. The maximum atomic E-state index is 13.5. The normalized spacial score (nSPS) is 11.4. The molecule has 1 aromatic heterocycles. The third-order valence-corrected chi connectivity index (χ3v) is 6.50. The van der Waals surface area contributed by atoms with E-state index in [0.717, 1.165) is 12.1 Å². The van der Waals surface area contributed by atoms with Gasteiger partial charge in [0.2, 0.25) is 0 Å². The van der Waals surface area contributed by atoms with E-state index in [1.807, 2.05) is 0 Å². The highest BCUT2D eigenvalue weighted by molar-refractivity contribution is 9.12. The summed E-state index contributed by atoms with van der Waals surface area (Å²) < 4.78 is 41.1. The van der Waals surface area contributed by atoms with E-state index in [1.165, 1.54) is 23.5 Å². The summed E-state index contributed by atoms with van der Waals surface area (Å²) in [4.78, 5) is 10.7. The van der Waals surface area contributed by atoms with Gasteiger partial charge in [-0.15, -0.1) is 11.3 Å². The number of hydrogen-bond acceptors (Lipinski definition) is 4. The average Bonchev–Trinajstić information content (AvgIpc) is 2.68. The molecule has 0 aliphatic heterocycles. The molecule has 0 fully saturated rings. The number of anilines is 1. The van der Waals surface area contributed by atoms with Crippen molar-refractivity contribution in [2.75, 3.05) is 4.72 Å². The zero-order valence-corrected chi connectivity index (χ0v) is 14.7. The third-order valence-electron chi connectivity index (χ3n) is 2.37. The van der Waals surface area contributed by atoms with Gasteiger partial charge in [0.05, 0.1) is 18.8 Å². The first-order valence-electron chi connectivity index (χ1n) is 5.21. The quantitative estimate of drug-likeness (QED) is 0.727. The van der Waals surface area contributed by atoms with Crippen molar-refractivity contribution < 1.29 is 22.7 Å². The summed E-state index contributed by atoms with van der Waals surface area (Å²) in [7, 11) is -3.90. The second-order valence-corrected chi connectivity index (χ2v) is 9.19. The first-order valence-corrected chi connectivity index (χ1v) is 9.10. The topological polar surface area (TPSA) is 83.5 Å². The number of aromatic carboxylic acids is 1. The molecule has 0 saturated heterocycles. The van der Waals surface area contributed by atoms with E-state index in [2.05, 4.69) is 36.6 Å². The Hall–Kier alpha value is -0.970. The van der Waals surface area contributed by atoms with Crippen LogP contribution in [-0.2, 0) is 10.0 Å². The lowest BCUT2D eigenvalue weighted by Crippen LogP contribution is -2.13. The molecule has 1 heterocycles. The summed E-state index contributed by atoms with van der Waals surface area (Å²) in [6, 6.07) is 4.39. The molecule has 1 aromatic carbocycles. The predicted octanol–water partition coefficient (Wildman–Crippen LogP) is 3.91. The molecule has 2 N–H and O–H groups in total. The molecule has 10 heteroatoms. The van der Waals surface area contributed by atoms with Crippen molar-refractivity contribution in [2.24, 2.45) is 0 Å². The van der Waals surface area contributed by atoms with E-state index in [9.17, 15) is 17.6 Å². The maximum absolute atomic E-state index is 13.5. The van der Waals surface area contributed by atoms with Gasteiger partial charge >= 0.3 is 5.97 Å². The highest BCUT2D eigenvalue weighted by atomic mass is 79.9. The van der Waals surface area contributed by atoms with Crippen LogP contribution < -0.4 is 4.72 Å². The van der Waals surface area contributed by atoms with Gasteiger partial charge < -0.3 is 5.11 Å². The van der Waals surface area contributed by atoms with E-state index >= 15 is 0 Å². The number of hydrogen-bond donors (Lipinski definition) is 2. The molecular formula is C11H6Br2FNO4S2. The Bertz CT molecular complexity index is 820. The Morgan fingerprint density at radius 1 is 1.29 bits per heavy atom. The van der Waals surface area contributed by atoms with Crippen molar-refractivity contribution in [1.82, 2.24) is 0 Å². The molecule has 2 rings (SSSR count). The van der Waals surface area contributed by atoms with Crippen molar-refractivity contribution in [3.63, 3.8) is 0 Å². The molecule has 21 heavy (non-hydrogen) atoms. The first kappa shape index (κ1) is 16.4. The molecule has 112 valence electrons. The van der Waals surface area contributed by atoms with Crippen LogP contribution in [0.2, 0.25) is 0 Å². The number of carboxylic acid groups (broad SMARTS) is 1. The molecule has 5 nitrogen and oxygen atoms in total. The minimum atomic E-state index is -3.90. The van der Waals surface area contributed by atoms with E-state index in [0.29, 0.717) is 7.57 Å². The Balaban J connectivity index is 2.35. The van der Waals surface area contributed by atoms with Crippen LogP contribution in [0.3, 0.4) is 0 Å². The monoisotopic (exact) mass is 457 g/mol. The molecule has 0 spiro atoms. The van der Waals surface area contributed by atoms with Crippen LogP contribution in [0.4, 0.5) is 10.1 Å². The van der Waals surface area contributed by atoms with E-state index in [4.69, 9.17) is 5.11 Å². The third kappa shape index (κ3) is 3.62. The largest absolute Gasteiger partial charge is 0.478 e. The van der Waals surface area contributed by atoms with Crippen molar-refractivity contribution in [3.8, 4) is 0 Å². The summed E-state index contributed by atoms with van der Waals surface area (Å²) in [6.45, 7) is 0. The summed E-state index contributed by atoms with van der Waals surface area (Å²) in [6.07, 6.45) is 0. The molecular weight excluding hydrogens is 453 g/mol. The second kappa shape index (κ2) is 6.03. The summed E-state index contributed by atoms with van der Waals surface area (Å²) >= 11 is 7.48. The highest BCUT2D eigenvalue weighted by Crippen LogP contribution is 2.35. The van der Waals surface area contributed by atoms with Crippen LogP contribution in [-0.4, -0.2) is 19.5 Å². The average molecular weight is 459 g/mol. The van der Waals surface area contributed by atoms with Crippen LogP contribution in [0.1, 0.15) is 10.4 Å². The van der Waals surface area contributed by atoms with E-state index in [-0.39, 0.29) is 10.6 Å². The van der Waals surface area contributed by atoms with Gasteiger partial charge in [-0.05, 0) is 56.1 Å². The summed E-state index contributed by atoms with van der Waals surface area (Å²) in [5, 5.41) is 8.72. The van der Waals surface area contributed by atoms with Gasteiger partial charge in [0.25, 0.3) is 10.0 Å². The summed E-state index contributed by atoms with van der Waals surface area (Å²) in [5.41, 5.74) is -0.593. The van der Waals surface area contributed by atoms with Crippen molar-refractivity contribution >= 4 is 64.9 Å². The van der Waals surface area contributed by atoms with Gasteiger partial charge in [-0.3, -0.25) is 4.72 Å². The van der Waals surface area contributed by atoms with Crippen molar-refractivity contribution in [2.45, 2.75) is 4.90 Å². The second-order valence-electron chi connectivity index (χ2n) is 3.79. The summed E-state index contributed by atoms with van der Waals surface area (Å²) in [5.74, 6) is -2.44. The fourth-order valence-corrected chi connectivity index (χ4v) is 6.33. The molecule has 0 aliphatic rings. The fraction of sp³-hybridized carbons (Fsp3) is 0. The lowest BCUT2D eigenvalue weighted by molar-refractivity contribution is 0.0692.